The number of aliphatic carboxylic acids is 1. The number of aromatic hydroxyl groups is 2. The van der Waals surface area contributed by atoms with E-state index in [0.29, 0.717) is 36.1 Å². The van der Waals surface area contributed by atoms with Crippen LogP contribution in [0.5, 0.6) is 11.5 Å². The smallest absolute Gasteiger partial charge is 0.326 e. The standard InChI is InChI=1S/C35H42N6O7/c36-16-4-3-7-29(33(45)41-31(35(47)48)19-23-20-38-28-6-2-1-5-26(23)28)39-34(46)30(18-22-10-14-25(43)15-11-22)40-32(44)27(37)17-21-8-12-24(42)13-9-21/h1-2,5-6,8-15,20,27,29-31,38,42-43H,3-4,7,16-19,36-37H2,(H,39,46)(H,40,44)(H,41,45)(H,47,48). The van der Waals surface area contributed by atoms with Crippen molar-refractivity contribution in [3.05, 3.63) is 95.7 Å². The lowest BCUT2D eigenvalue weighted by Gasteiger charge is -2.25. The predicted molar refractivity (Wildman–Crippen MR) is 180 cm³/mol. The van der Waals surface area contributed by atoms with Gasteiger partial charge in [0.1, 0.15) is 29.6 Å². The van der Waals surface area contributed by atoms with Crippen LogP contribution in [0.25, 0.3) is 10.9 Å². The minimum absolute atomic E-state index is 0.00695. The van der Waals surface area contributed by atoms with Crippen molar-refractivity contribution in [1.82, 2.24) is 20.9 Å². The summed E-state index contributed by atoms with van der Waals surface area (Å²) in [5, 5.41) is 38.1. The van der Waals surface area contributed by atoms with E-state index in [1.54, 1.807) is 30.5 Å². The van der Waals surface area contributed by atoms with E-state index in [2.05, 4.69) is 20.9 Å². The molecule has 0 aliphatic heterocycles. The lowest BCUT2D eigenvalue weighted by molar-refractivity contribution is -0.142. The molecule has 1 heterocycles. The zero-order chi connectivity index (χ0) is 34.6. The summed E-state index contributed by atoms with van der Waals surface area (Å²) in [5.41, 5.74) is 14.7. The average molecular weight is 659 g/mol. The number of unbranched alkanes of at least 4 members (excludes halogenated alkanes) is 1. The molecule has 4 aromatic rings. The number of carboxylic acids is 1. The minimum atomic E-state index is -1.28. The number of carboxylic acid groups (broad SMARTS) is 1. The normalized spacial score (nSPS) is 13.6. The highest BCUT2D eigenvalue weighted by Gasteiger charge is 2.31. The summed E-state index contributed by atoms with van der Waals surface area (Å²) in [6.45, 7) is 0.360. The van der Waals surface area contributed by atoms with E-state index in [-0.39, 0.29) is 37.2 Å². The van der Waals surface area contributed by atoms with Crippen molar-refractivity contribution in [3.8, 4) is 11.5 Å². The van der Waals surface area contributed by atoms with E-state index in [0.717, 1.165) is 10.9 Å². The molecule has 4 rings (SSSR count). The molecule has 0 saturated heterocycles. The van der Waals surface area contributed by atoms with Crippen molar-refractivity contribution < 1.29 is 34.5 Å². The second-order valence-corrected chi connectivity index (χ2v) is 11.7. The second kappa shape index (κ2) is 17.0. The number of hydrogen-bond acceptors (Lipinski definition) is 8. The fraction of sp³-hybridized carbons (Fsp3) is 0.314. The largest absolute Gasteiger partial charge is 0.508 e. The molecule has 13 heteroatoms. The number of aromatic nitrogens is 1. The number of carbonyl (C=O) groups excluding carboxylic acids is 3. The second-order valence-electron chi connectivity index (χ2n) is 11.7. The Kier molecular flexibility index (Phi) is 12.5. The van der Waals surface area contributed by atoms with Gasteiger partial charge in [0.25, 0.3) is 0 Å². The lowest BCUT2D eigenvalue weighted by atomic mass is 10.0. The van der Waals surface area contributed by atoms with E-state index in [9.17, 15) is 34.5 Å². The molecule has 4 unspecified atom stereocenters. The Morgan fingerprint density at radius 3 is 1.88 bits per heavy atom. The summed E-state index contributed by atoms with van der Waals surface area (Å²) in [6.07, 6.45) is 3.08. The van der Waals surface area contributed by atoms with Crippen LogP contribution < -0.4 is 27.4 Å². The van der Waals surface area contributed by atoms with Gasteiger partial charge in [0, 0.05) is 29.9 Å². The molecule has 1 aromatic heterocycles. The fourth-order valence-corrected chi connectivity index (χ4v) is 5.36. The first-order valence-electron chi connectivity index (χ1n) is 15.7. The van der Waals surface area contributed by atoms with Gasteiger partial charge in [-0.2, -0.15) is 0 Å². The van der Waals surface area contributed by atoms with Gasteiger partial charge in [-0.3, -0.25) is 14.4 Å². The summed E-state index contributed by atoms with van der Waals surface area (Å²) < 4.78 is 0. The van der Waals surface area contributed by atoms with Crippen LogP contribution in [0.15, 0.2) is 79.0 Å². The number of H-pyrrole nitrogens is 1. The van der Waals surface area contributed by atoms with Gasteiger partial charge in [-0.25, -0.2) is 4.79 Å². The first kappa shape index (κ1) is 35.5. The number of amides is 3. The molecule has 0 radical (unpaired) electrons. The summed E-state index contributed by atoms with van der Waals surface area (Å²) in [7, 11) is 0. The highest BCUT2D eigenvalue weighted by molar-refractivity contribution is 5.94. The molecule has 0 fully saturated rings. The number of aromatic amines is 1. The molecule has 4 atom stereocenters. The molecule has 11 N–H and O–H groups in total. The van der Waals surface area contributed by atoms with E-state index in [1.165, 1.54) is 24.3 Å². The molecule has 0 bridgehead atoms. The van der Waals surface area contributed by atoms with Crippen LogP contribution in [-0.2, 0) is 38.4 Å². The molecule has 13 nitrogen and oxygen atoms in total. The van der Waals surface area contributed by atoms with Gasteiger partial charge in [0.2, 0.25) is 17.7 Å². The van der Waals surface area contributed by atoms with Crippen molar-refractivity contribution in [2.45, 2.75) is 62.7 Å². The molecule has 3 aromatic carbocycles. The van der Waals surface area contributed by atoms with Gasteiger partial charge in [-0.1, -0.05) is 42.5 Å². The molecule has 0 aliphatic rings. The minimum Gasteiger partial charge on any atom is -0.508 e. The molecule has 48 heavy (non-hydrogen) atoms. The molecular weight excluding hydrogens is 616 g/mol. The van der Waals surface area contributed by atoms with Crippen molar-refractivity contribution in [1.29, 1.82) is 0 Å². The fourth-order valence-electron chi connectivity index (χ4n) is 5.36. The van der Waals surface area contributed by atoms with Crippen LogP contribution in [0.1, 0.15) is 36.0 Å². The predicted octanol–water partition coefficient (Wildman–Crippen LogP) is 1.60. The Hall–Kier alpha value is -5.40. The van der Waals surface area contributed by atoms with Crippen molar-refractivity contribution in [2.24, 2.45) is 11.5 Å². The summed E-state index contributed by atoms with van der Waals surface area (Å²) >= 11 is 0. The van der Waals surface area contributed by atoms with Crippen molar-refractivity contribution in [2.75, 3.05) is 6.54 Å². The highest BCUT2D eigenvalue weighted by Crippen LogP contribution is 2.20. The quantitative estimate of drug-likeness (QED) is 0.0749. The molecule has 0 aliphatic carbocycles. The van der Waals surface area contributed by atoms with Crippen LogP contribution in [-0.4, -0.2) is 74.7 Å². The van der Waals surface area contributed by atoms with E-state index in [1.807, 2.05) is 24.3 Å². The van der Waals surface area contributed by atoms with E-state index < -0.39 is 47.9 Å². The number of rotatable bonds is 17. The number of hydrogen-bond donors (Lipinski definition) is 9. The third kappa shape index (κ3) is 10.0. The van der Waals surface area contributed by atoms with E-state index in [4.69, 9.17) is 11.5 Å². The van der Waals surface area contributed by atoms with Crippen molar-refractivity contribution >= 4 is 34.6 Å². The van der Waals surface area contributed by atoms with Crippen LogP contribution in [0.2, 0.25) is 0 Å². The van der Waals surface area contributed by atoms with Gasteiger partial charge in [0.15, 0.2) is 0 Å². The molecule has 3 amide bonds. The van der Waals surface area contributed by atoms with Gasteiger partial charge >= 0.3 is 5.97 Å². The third-order valence-electron chi connectivity index (χ3n) is 8.03. The summed E-state index contributed by atoms with van der Waals surface area (Å²) in [6, 6.07) is 15.1. The first-order valence-corrected chi connectivity index (χ1v) is 15.7. The Labute approximate surface area is 277 Å². The van der Waals surface area contributed by atoms with Crippen molar-refractivity contribution in [3.63, 3.8) is 0 Å². The number of phenolic OH excluding ortho intramolecular Hbond substituents is 2. The average Bonchev–Trinajstić information content (AvgIpc) is 3.48. The number of carbonyl (C=O) groups is 4. The summed E-state index contributed by atoms with van der Waals surface area (Å²) in [4.78, 5) is 55.9. The Bertz CT molecular complexity index is 1690. The number of phenols is 2. The number of fused-ring (bicyclic) bond motifs is 1. The molecule has 254 valence electrons. The van der Waals surface area contributed by atoms with Crippen LogP contribution >= 0.6 is 0 Å². The Morgan fingerprint density at radius 2 is 1.25 bits per heavy atom. The van der Waals surface area contributed by atoms with Crippen LogP contribution in [0.4, 0.5) is 0 Å². The number of para-hydroxylation sites is 1. The SMILES string of the molecule is NCCCCC(NC(=O)C(Cc1ccc(O)cc1)NC(=O)C(N)Cc1ccc(O)cc1)C(=O)NC(Cc1c[nH]c2ccccc12)C(=O)O. The molecule has 0 saturated carbocycles. The van der Waals surface area contributed by atoms with E-state index >= 15 is 0 Å². The lowest BCUT2D eigenvalue weighted by Crippen LogP contribution is -2.58. The zero-order valence-electron chi connectivity index (χ0n) is 26.4. The molecule has 0 spiro atoms. The summed E-state index contributed by atoms with van der Waals surface area (Å²) in [5.74, 6) is -3.12. The number of benzene rings is 3. The van der Waals surface area contributed by atoms with Gasteiger partial charge in [-0.15, -0.1) is 0 Å². The topological polar surface area (TPSA) is 233 Å². The first-order chi connectivity index (χ1) is 23.0. The Balaban J connectivity index is 1.50. The number of nitrogens with one attached hydrogen (secondary N) is 4. The van der Waals surface area contributed by atoms with Gasteiger partial charge < -0.3 is 47.7 Å². The van der Waals surface area contributed by atoms with Crippen LogP contribution in [0, 0.1) is 0 Å². The zero-order valence-corrected chi connectivity index (χ0v) is 26.4. The monoisotopic (exact) mass is 658 g/mol. The van der Waals surface area contributed by atoms with Gasteiger partial charge in [0.05, 0.1) is 6.04 Å². The third-order valence-corrected chi connectivity index (χ3v) is 8.03. The van der Waals surface area contributed by atoms with Crippen LogP contribution in [0.3, 0.4) is 0 Å². The molecular formula is C35H42N6O7. The maximum absolute atomic E-state index is 13.8. The maximum Gasteiger partial charge on any atom is 0.326 e. The Morgan fingerprint density at radius 1 is 0.688 bits per heavy atom. The maximum atomic E-state index is 13.8. The highest BCUT2D eigenvalue weighted by atomic mass is 16.4. The van der Waals surface area contributed by atoms with Gasteiger partial charge in [-0.05, 0) is 79.3 Å². The number of nitrogens with two attached hydrogens (primary N) is 2.